The maximum Gasteiger partial charge on any atom is 0.241 e. The highest BCUT2D eigenvalue weighted by atomic mass is 16.2. The molecule has 3 atom stereocenters. The number of carbonyl (C=O) groups is 1. The first-order valence-corrected chi connectivity index (χ1v) is 7.77. The maximum atomic E-state index is 12.4. The largest absolute Gasteiger partial charge is 0.323 e. The zero-order valence-corrected chi connectivity index (χ0v) is 12.5. The monoisotopic (exact) mass is 254 g/mol. The van der Waals surface area contributed by atoms with Gasteiger partial charge >= 0.3 is 0 Å². The van der Waals surface area contributed by atoms with Gasteiger partial charge in [0, 0.05) is 6.04 Å². The summed E-state index contributed by atoms with van der Waals surface area (Å²) in [5.74, 6) is 0.332. The Kier molecular flexibility index (Phi) is 6.69. The first-order valence-electron chi connectivity index (χ1n) is 7.77. The van der Waals surface area contributed by atoms with E-state index in [0.29, 0.717) is 11.9 Å². The highest BCUT2D eigenvalue weighted by molar-refractivity contribution is 5.84. The van der Waals surface area contributed by atoms with Crippen LogP contribution in [0.25, 0.3) is 0 Å². The van der Waals surface area contributed by atoms with Gasteiger partial charge in [-0.05, 0) is 25.7 Å². The molecule has 106 valence electrons. The summed E-state index contributed by atoms with van der Waals surface area (Å²) in [4.78, 5) is 14.6. The van der Waals surface area contributed by atoms with Gasteiger partial charge in [0.25, 0.3) is 0 Å². The van der Waals surface area contributed by atoms with Gasteiger partial charge in [0.1, 0.15) is 0 Å². The Morgan fingerprint density at radius 1 is 1.11 bits per heavy atom. The second-order valence-corrected chi connectivity index (χ2v) is 5.38. The number of hydrogen-bond donors (Lipinski definition) is 1. The van der Waals surface area contributed by atoms with Crippen LogP contribution in [0.4, 0.5) is 0 Å². The summed E-state index contributed by atoms with van der Waals surface area (Å²) in [5, 5.41) is 3.48. The van der Waals surface area contributed by atoms with Crippen molar-refractivity contribution in [2.45, 2.75) is 90.9 Å². The van der Waals surface area contributed by atoms with Crippen LogP contribution in [-0.2, 0) is 4.79 Å². The van der Waals surface area contributed by atoms with Crippen LogP contribution in [0.15, 0.2) is 0 Å². The molecule has 18 heavy (non-hydrogen) atoms. The molecule has 0 bridgehead atoms. The Hall–Kier alpha value is -0.570. The zero-order chi connectivity index (χ0) is 13.5. The van der Waals surface area contributed by atoms with Gasteiger partial charge < -0.3 is 4.90 Å². The van der Waals surface area contributed by atoms with Crippen LogP contribution in [0.1, 0.15) is 72.6 Å². The molecule has 0 spiro atoms. The molecule has 1 aliphatic rings. The van der Waals surface area contributed by atoms with Gasteiger partial charge in [-0.2, -0.15) is 0 Å². The molecule has 1 fully saturated rings. The maximum absolute atomic E-state index is 12.4. The summed E-state index contributed by atoms with van der Waals surface area (Å²) in [5.41, 5.74) is 0. The molecule has 0 aromatic rings. The first kappa shape index (κ1) is 15.5. The summed E-state index contributed by atoms with van der Waals surface area (Å²) in [6.45, 7) is 8.69. The van der Waals surface area contributed by atoms with E-state index < -0.39 is 0 Å². The summed E-state index contributed by atoms with van der Waals surface area (Å²) in [7, 11) is 0. The van der Waals surface area contributed by atoms with Crippen LogP contribution in [0.2, 0.25) is 0 Å². The average molecular weight is 254 g/mol. The van der Waals surface area contributed by atoms with Gasteiger partial charge in [0.15, 0.2) is 0 Å². The Bertz CT molecular complexity index is 255. The van der Waals surface area contributed by atoms with Crippen molar-refractivity contribution in [3.05, 3.63) is 0 Å². The molecule has 1 N–H and O–H groups in total. The molecule has 3 heteroatoms. The van der Waals surface area contributed by atoms with Crippen LogP contribution >= 0.6 is 0 Å². The van der Waals surface area contributed by atoms with Crippen LogP contribution in [0, 0.1) is 0 Å². The predicted molar refractivity (Wildman–Crippen MR) is 76.4 cm³/mol. The highest BCUT2D eigenvalue weighted by Gasteiger charge is 2.39. The van der Waals surface area contributed by atoms with Gasteiger partial charge in [-0.25, -0.2) is 0 Å². The summed E-state index contributed by atoms with van der Waals surface area (Å²) < 4.78 is 0. The number of nitrogens with one attached hydrogen (secondary N) is 1. The highest BCUT2D eigenvalue weighted by Crippen LogP contribution is 2.24. The molecule has 0 saturated carbocycles. The lowest BCUT2D eigenvalue weighted by atomic mass is 10.0. The molecule has 0 aliphatic carbocycles. The number of rotatable bonds is 8. The predicted octanol–water partition coefficient (Wildman–Crippen LogP) is 3.29. The summed E-state index contributed by atoms with van der Waals surface area (Å²) in [6, 6.07) is 0.493. The van der Waals surface area contributed by atoms with E-state index in [1.807, 2.05) is 0 Å². The van der Waals surface area contributed by atoms with Crippen LogP contribution in [0.3, 0.4) is 0 Å². The molecular weight excluding hydrogens is 224 g/mol. The van der Waals surface area contributed by atoms with E-state index in [0.717, 1.165) is 32.1 Å². The van der Waals surface area contributed by atoms with Crippen molar-refractivity contribution in [2.24, 2.45) is 0 Å². The Labute approximate surface area is 112 Å². The molecule has 0 radical (unpaired) electrons. The van der Waals surface area contributed by atoms with E-state index in [1.165, 1.54) is 12.8 Å². The second kappa shape index (κ2) is 7.78. The summed E-state index contributed by atoms with van der Waals surface area (Å²) >= 11 is 0. The van der Waals surface area contributed by atoms with Gasteiger partial charge in [-0.15, -0.1) is 0 Å². The minimum atomic E-state index is 0.0518. The first-order chi connectivity index (χ1) is 8.69. The second-order valence-electron chi connectivity index (χ2n) is 5.38. The smallest absolute Gasteiger partial charge is 0.241 e. The number of nitrogens with zero attached hydrogens (tertiary/aromatic N) is 1. The Morgan fingerprint density at radius 2 is 1.83 bits per heavy atom. The van der Waals surface area contributed by atoms with E-state index >= 15 is 0 Å². The van der Waals surface area contributed by atoms with Gasteiger partial charge in [0.2, 0.25) is 5.91 Å². The van der Waals surface area contributed by atoms with E-state index in [-0.39, 0.29) is 12.2 Å². The fourth-order valence-corrected chi connectivity index (χ4v) is 2.95. The van der Waals surface area contributed by atoms with Gasteiger partial charge in [0.05, 0.1) is 12.2 Å². The Morgan fingerprint density at radius 3 is 2.33 bits per heavy atom. The molecule has 1 amide bonds. The van der Waals surface area contributed by atoms with Crippen molar-refractivity contribution in [3.8, 4) is 0 Å². The fourth-order valence-electron chi connectivity index (χ4n) is 2.95. The molecular formula is C15H30N2O. The third-order valence-corrected chi connectivity index (χ3v) is 3.98. The lowest BCUT2D eigenvalue weighted by Crippen LogP contribution is -2.44. The van der Waals surface area contributed by atoms with Crippen LogP contribution in [0.5, 0.6) is 0 Å². The van der Waals surface area contributed by atoms with E-state index in [1.54, 1.807) is 0 Å². The van der Waals surface area contributed by atoms with Crippen LogP contribution in [-0.4, -0.2) is 29.1 Å². The van der Waals surface area contributed by atoms with Crippen molar-refractivity contribution < 1.29 is 4.79 Å². The third-order valence-electron chi connectivity index (χ3n) is 3.98. The molecule has 0 aromatic carbocycles. The van der Waals surface area contributed by atoms with Crippen molar-refractivity contribution in [3.63, 3.8) is 0 Å². The van der Waals surface area contributed by atoms with Gasteiger partial charge in [-0.1, -0.05) is 47.0 Å². The van der Waals surface area contributed by atoms with E-state index in [9.17, 15) is 4.79 Å². The number of hydrogen-bond acceptors (Lipinski definition) is 2. The molecule has 1 aliphatic heterocycles. The van der Waals surface area contributed by atoms with Crippen molar-refractivity contribution >= 4 is 5.91 Å². The average Bonchev–Trinajstić information content (AvgIpc) is 2.71. The fraction of sp³-hybridized carbons (Fsp3) is 0.933. The van der Waals surface area contributed by atoms with E-state index in [2.05, 4.69) is 37.9 Å². The molecule has 0 aromatic heterocycles. The van der Waals surface area contributed by atoms with Crippen molar-refractivity contribution in [1.82, 2.24) is 10.2 Å². The number of amides is 1. The molecule has 1 saturated heterocycles. The number of carbonyl (C=O) groups excluding carboxylic acids is 1. The van der Waals surface area contributed by atoms with Crippen LogP contribution < -0.4 is 5.32 Å². The molecule has 1 heterocycles. The minimum absolute atomic E-state index is 0.0518. The number of unbranched alkanes of at least 4 members (excludes halogenated alkanes) is 1. The molecule has 3 unspecified atom stereocenters. The lowest BCUT2D eigenvalue weighted by Gasteiger charge is -2.32. The van der Waals surface area contributed by atoms with Crippen molar-refractivity contribution in [2.75, 3.05) is 0 Å². The normalized spacial score (nSPS) is 25.8. The molecule has 3 nitrogen and oxygen atoms in total. The standard InChI is InChI=1S/C15H30N2O/c1-5-9-11-12(10-6-2)17-14(8-4)16-13(7-3)15(17)18/h12-14,16H,5-11H2,1-4H3. The SMILES string of the molecule is CCCCC(CCC)N1C(=O)C(CC)NC1CC. The lowest BCUT2D eigenvalue weighted by molar-refractivity contribution is -0.132. The quantitative estimate of drug-likeness (QED) is 0.721. The van der Waals surface area contributed by atoms with Gasteiger partial charge in [-0.3, -0.25) is 10.1 Å². The van der Waals surface area contributed by atoms with E-state index in [4.69, 9.17) is 0 Å². The third kappa shape index (κ3) is 3.47. The topological polar surface area (TPSA) is 32.3 Å². The zero-order valence-electron chi connectivity index (χ0n) is 12.5. The minimum Gasteiger partial charge on any atom is -0.323 e. The summed E-state index contributed by atoms with van der Waals surface area (Å²) in [6.07, 6.45) is 8.06. The van der Waals surface area contributed by atoms with Crippen molar-refractivity contribution in [1.29, 1.82) is 0 Å². The Balaban J connectivity index is 2.76. The molecule has 1 rings (SSSR count).